The van der Waals surface area contributed by atoms with Crippen LogP contribution in [0.4, 0.5) is 4.79 Å². The zero-order chi connectivity index (χ0) is 24.2. The number of aliphatic carboxylic acids is 1. The van der Waals surface area contributed by atoms with Gasteiger partial charge in [0.15, 0.2) is 0 Å². The van der Waals surface area contributed by atoms with Crippen LogP contribution in [0.15, 0.2) is 48.5 Å². The van der Waals surface area contributed by atoms with Gasteiger partial charge in [-0.25, -0.2) is 9.59 Å². The van der Waals surface area contributed by atoms with Gasteiger partial charge in [-0.2, -0.15) is 0 Å². The van der Waals surface area contributed by atoms with Gasteiger partial charge in [-0.15, -0.1) is 0 Å². The lowest BCUT2D eigenvalue weighted by molar-refractivity contribution is -0.143. The van der Waals surface area contributed by atoms with Gasteiger partial charge < -0.3 is 25.6 Å². The smallest absolute Gasteiger partial charge is 0.407 e. The first-order valence-electron chi connectivity index (χ1n) is 10.9. The molecule has 0 spiro atoms. The van der Waals surface area contributed by atoms with Gasteiger partial charge in [0.25, 0.3) is 0 Å². The van der Waals surface area contributed by atoms with Crippen molar-refractivity contribution in [2.45, 2.75) is 45.2 Å². The summed E-state index contributed by atoms with van der Waals surface area (Å²) in [6.07, 6.45) is -0.899. The topological polar surface area (TPSA) is 125 Å². The standard InChI is InChI=1S/C25H30N2O6/c1-25(2,3)21(22(29)26-20(12-13-28)23(30)31)27-24(32)33-14-19-17-10-6-4-8-15(17)16-9-5-7-11-18(16)19/h4-11,19-21,28H,12-14H2,1-3H3,(H,26,29)(H,27,32)(H,30,31)/t20-,21+/m1/s1. The molecular formula is C25H30N2O6. The predicted molar refractivity (Wildman–Crippen MR) is 123 cm³/mol. The molecule has 0 saturated heterocycles. The Hall–Kier alpha value is -3.39. The Morgan fingerprint density at radius 1 is 0.970 bits per heavy atom. The Labute approximate surface area is 193 Å². The minimum absolute atomic E-state index is 0.0978. The molecule has 0 unspecified atom stereocenters. The second kappa shape index (κ2) is 10.0. The summed E-state index contributed by atoms with van der Waals surface area (Å²) in [6, 6.07) is 13.7. The number of ether oxygens (including phenoxy) is 1. The van der Waals surface area contributed by atoms with E-state index in [-0.39, 0.29) is 18.9 Å². The molecule has 1 aliphatic rings. The van der Waals surface area contributed by atoms with Gasteiger partial charge in [0, 0.05) is 18.9 Å². The highest BCUT2D eigenvalue weighted by Gasteiger charge is 2.36. The average Bonchev–Trinajstić information content (AvgIpc) is 3.08. The van der Waals surface area contributed by atoms with E-state index in [2.05, 4.69) is 10.6 Å². The van der Waals surface area contributed by atoms with Crippen LogP contribution in [0.25, 0.3) is 11.1 Å². The third-order valence-corrected chi connectivity index (χ3v) is 5.77. The third kappa shape index (κ3) is 5.51. The van der Waals surface area contributed by atoms with Gasteiger partial charge in [-0.3, -0.25) is 4.79 Å². The minimum Gasteiger partial charge on any atom is -0.480 e. The molecule has 1 aliphatic carbocycles. The van der Waals surface area contributed by atoms with Crippen LogP contribution in [0, 0.1) is 5.41 Å². The van der Waals surface area contributed by atoms with Crippen molar-refractivity contribution in [1.29, 1.82) is 0 Å². The van der Waals surface area contributed by atoms with Crippen molar-refractivity contribution < 1.29 is 29.3 Å². The molecule has 33 heavy (non-hydrogen) atoms. The SMILES string of the molecule is CC(C)(C)[C@@H](NC(=O)OCC1c2ccccc2-c2ccccc21)C(=O)N[C@H](CCO)C(=O)O. The lowest BCUT2D eigenvalue weighted by Gasteiger charge is -2.31. The molecule has 2 aromatic carbocycles. The first-order valence-corrected chi connectivity index (χ1v) is 10.9. The number of hydrogen-bond acceptors (Lipinski definition) is 5. The van der Waals surface area contributed by atoms with Crippen LogP contribution in [-0.2, 0) is 14.3 Å². The summed E-state index contributed by atoms with van der Waals surface area (Å²) in [4.78, 5) is 36.8. The Morgan fingerprint density at radius 3 is 2.00 bits per heavy atom. The van der Waals surface area contributed by atoms with E-state index in [0.29, 0.717) is 0 Å². The number of carboxylic acids is 1. The number of carbonyl (C=O) groups is 3. The van der Waals surface area contributed by atoms with E-state index in [1.165, 1.54) is 0 Å². The number of carboxylic acid groups (broad SMARTS) is 1. The quantitative estimate of drug-likeness (QED) is 0.486. The number of fused-ring (bicyclic) bond motifs is 3. The van der Waals surface area contributed by atoms with Crippen LogP contribution in [0.5, 0.6) is 0 Å². The van der Waals surface area contributed by atoms with E-state index < -0.39 is 42.1 Å². The first kappa shape index (κ1) is 24.3. The lowest BCUT2D eigenvalue weighted by Crippen LogP contribution is -2.56. The van der Waals surface area contributed by atoms with Crippen LogP contribution in [0.2, 0.25) is 0 Å². The number of benzene rings is 2. The number of aliphatic hydroxyl groups is 1. The van der Waals surface area contributed by atoms with Crippen LogP contribution >= 0.6 is 0 Å². The number of aliphatic hydroxyl groups excluding tert-OH is 1. The molecule has 0 aliphatic heterocycles. The number of nitrogens with one attached hydrogen (secondary N) is 2. The molecule has 3 rings (SSSR count). The van der Waals surface area contributed by atoms with Crippen molar-refractivity contribution >= 4 is 18.0 Å². The van der Waals surface area contributed by atoms with Crippen molar-refractivity contribution in [2.75, 3.05) is 13.2 Å². The fourth-order valence-corrected chi connectivity index (χ4v) is 4.07. The second-order valence-electron chi connectivity index (χ2n) is 9.18. The van der Waals surface area contributed by atoms with E-state index >= 15 is 0 Å². The minimum atomic E-state index is -1.26. The van der Waals surface area contributed by atoms with Crippen LogP contribution in [-0.4, -0.2) is 53.5 Å². The van der Waals surface area contributed by atoms with Gasteiger partial charge in [0.1, 0.15) is 18.7 Å². The molecule has 2 atom stereocenters. The Morgan fingerprint density at radius 2 is 1.52 bits per heavy atom. The van der Waals surface area contributed by atoms with Gasteiger partial charge >= 0.3 is 12.1 Å². The summed E-state index contributed by atoms with van der Waals surface area (Å²) in [6.45, 7) is 4.96. The largest absolute Gasteiger partial charge is 0.480 e. The van der Waals surface area contributed by atoms with E-state index in [9.17, 15) is 19.5 Å². The number of rotatable bonds is 8. The maximum Gasteiger partial charge on any atom is 0.407 e. The third-order valence-electron chi connectivity index (χ3n) is 5.77. The molecule has 2 amide bonds. The highest BCUT2D eigenvalue weighted by Crippen LogP contribution is 2.44. The summed E-state index contributed by atoms with van der Waals surface area (Å²) in [7, 11) is 0. The Bertz CT molecular complexity index is 984. The molecule has 2 aromatic rings. The fourth-order valence-electron chi connectivity index (χ4n) is 4.07. The van der Waals surface area contributed by atoms with E-state index in [1.807, 2.05) is 48.5 Å². The molecule has 0 heterocycles. The van der Waals surface area contributed by atoms with Crippen LogP contribution in [0.1, 0.15) is 44.2 Å². The highest BCUT2D eigenvalue weighted by molar-refractivity contribution is 5.90. The molecule has 4 N–H and O–H groups in total. The average molecular weight is 455 g/mol. The van der Waals surface area contributed by atoms with Crippen molar-refractivity contribution in [3.8, 4) is 11.1 Å². The summed E-state index contributed by atoms with van der Waals surface area (Å²) >= 11 is 0. The molecule has 0 saturated carbocycles. The van der Waals surface area contributed by atoms with Crippen LogP contribution in [0.3, 0.4) is 0 Å². The summed E-state index contributed by atoms with van der Waals surface area (Å²) in [5.74, 6) is -2.03. The number of carbonyl (C=O) groups excluding carboxylic acids is 2. The first-order chi connectivity index (χ1) is 15.6. The number of hydrogen-bond donors (Lipinski definition) is 4. The zero-order valence-electron chi connectivity index (χ0n) is 19.0. The predicted octanol–water partition coefficient (Wildman–Crippen LogP) is 2.89. The maximum absolute atomic E-state index is 12.8. The van der Waals surface area contributed by atoms with Gasteiger partial charge in [0.2, 0.25) is 5.91 Å². The molecule has 0 aromatic heterocycles. The van der Waals surface area contributed by atoms with Crippen molar-refractivity contribution in [1.82, 2.24) is 10.6 Å². The normalized spacial score (nSPS) is 14.5. The molecular weight excluding hydrogens is 424 g/mol. The van der Waals surface area contributed by atoms with Gasteiger partial charge in [-0.1, -0.05) is 69.3 Å². The molecule has 8 nitrogen and oxygen atoms in total. The fraction of sp³-hybridized carbons (Fsp3) is 0.400. The van der Waals surface area contributed by atoms with Gasteiger partial charge in [-0.05, 0) is 27.7 Å². The summed E-state index contributed by atoms with van der Waals surface area (Å²) in [5, 5.41) is 23.3. The molecule has 0 fully saturated rings. The van der Waals surface area contributed by atoms with Crippen LogP contribution < -0.4 is 10.6 Å². The zero-order valence-corrected chi connectivity index (χ0v) is 19.0. The molecule has 0 bridgehead atoms. The summed E-state index contributed by atoms with van der Waals surface area (Å²) in [5.41, 5.74) is 3.66. The Kier molecular flexibility index (Phi) is 7.38. The second-order valence-corrected chi connectivity index (χ2v) is 9.18. The molecule has 0 radical (unpaired) electrons. The maximum atomic E-state index is 12.8. The Balaban J connectivity index is 1.69. The van der Waals surface area contributed by atoms with E-state index in [1.54, 1.807) is 20.8 Å². The van der Waals surface area contributed by atoms with Crippen molar-refractivity contribution in [3.63, 3.8) is 0 Å². The number of amides is 2. The van der Waals surface area contributed by atoms with Crippen molar-refractivity contribution in [3.05, 3.63) is 59.7 Å². The lowest BCUT2D eigenvalue weighted by atomic mass is 9.86. The van der Waals surface area contributed by atoms with Gasteiger partial charge in [0.05, 0.1) is 0 Å². The highest BCUT2D eigenvalue weighted by atomic mass is 16.5. The van der Waals surface area contributed by atoms with E-state index in [0.717, 1.165) is 22.3 Å². The summed E-state index contributed by atoms with van der Waals surface area (Å²) < 4.78 is 5.53. The molecule has 176 valence electrons. The van der Waals surface area contributed by atoms with E-state index in [4.69, 9.17) is 9.84 Å². The monoisotopic (exact) mass is 454 g/mol. The molecule has 8 heteroatoms. The van der Waals surface area contributed by atoms with Crippen molar-refractivity contribution in [2.24, 2.45) is 5.41 Å². The number of alkyl carbamates (subject to hydrolysis) is 1.